The van der Waals surface area contributed by atoms with E-state index in [9.17, 15) is 5.11 Å². The number of morpholine rings is 1. The van der Waals surface area contributed by atoms with Crippen molar-refractivity contribution in [2.75, 3.05) is 39.5 Å². The van der Waals surface area contributed by atoms with Crippen molar-refractivity contribution in [1.29, 1.82) is 0 Å². The van der Waals surface area contributed by atoms with Crippen LogP contribution in [-0.2, 0) is 4.74 Å². The lowest BCUT2D eigenvalue weighted by Crippen LogP contribution is -2.42. The van der Waals surface area contributed by atoms with Crippen LogP contribution in [0.4, 0.5) is 0 Å². The van der Waals surface area contributed by atoms with Crippen LogP contribution in [0.5, 0.6) is 5.75 Å². The predicted molar refractivity (Wildman–Crippen MR) is 107 cm³/mol. The van der Waals surface area contributed by atoms with E-state index in [1.54, 1.807) is 0 Å². The molecule has 1 aromatic carbocycles. The van der Waals surface area contributed by atoms with Crippen LogP contribution < -0.4 is 4.74 Å². The van der Waals surface area contributed by atoms with Crippen LogP contribution in [-0.4, -0.2) is 55.6 Å². The van der Waals surface area contributed by atoms with Gasteiger partial charge in [0.05, 0.1) is 13.2 Å². The average molecular weight is 354 g/mol. The zero-order chi connectivity index (χ0) is 19.1. The summed E-state index contributed by atoms with van der Waals surface area (Å²) in [6.45, 7) is 16.8. The number of rotatable bonds is 5. The van der Waals surface area contributed by atoms with Gasteiger partial charge in [-0.1, -0.05) is 58.7 Å². The first kappa shape index (κ1) is 23.9. The maximum absolute atomic E-state index is 10.0. The van der Waals surface area contributed by atoms with Crippen LogP contribution in [0.1, 0.15) is 51.7 Å². The third kappa shape index (κ3) is 11.2. The molecule has 0 spiro atoms. The number of aliphatic hydroxyl groups is 1. The van der Waals surface area contributed by atoms with Gasteiger partial charge < -0.3 is 14.6 Å². The first-order valence-electron chi connectivity index (χ1n) is 9.67. The molecule has 1 aliphatic heterocycles. The number of hydrogen-bond donors (Lipinski definition) is 1. The first-order valence-corrected chi connectivity index (χ1v) is 9.67. The number of para-hydroxylation sites is 1. The Kier molecular flexibility index (Phi) is 14.5. The minimum Gasteiger partial charge on any atom is -0.490 e. The van der Waals surface area contributed by atoms with Crippen LogP contribution in [0.2, 0.25) is 0 Å². The quantitative estimate of drug-likeness (QED) is 0.861. The maximum Gasteiger partial charge on any atom is 0.125 e. The second-order valence-electron chi connectivity index (χ2n) is 6.51. The third-order valence-electron chi connectivity index (χ3n) is 3.40. The van der Waals surface area contributed by atoms with E-state index in [-0.39, 0.29) is 0 Å². The summed E-state index contributed by atoms with van der Waals surface area (Å²) in [5.41, 5.74) is 2.22. The van der Waals surface area contributed by atoms with Crippen molar-refractivity contribution in [3.8, 4) is 5.75 Å². The molecule has 1 aliphatic rings. The lowest BCUT2D eigenvalue weighted by atomic mass is 10.1. The zero-order valence-corrected chi connectivity index (χ0v) is 17.2. The minimum absolute atomic E-state index is 0.336. The van der Waals surface area contributed by atoms with Gasteiger partial charge in [-0.15, -0.1) is 0 Å². The van der Waals surface area contributed by atoms with Gasteiger partial charge in [-0.3, -0.25) is 4.90 Å². The summed E-state index contributed by atoms with van der Waals surface area (Å²) in [6, 6.07) is 6.06. The monoisotopic (exact) mass is 353 g/mol. The summed E-state index contributed by atoms with van der Waals surface area (Å²) < 4.78 is 11.1. The standard InChI is InChI=1S/C15H23NO3.2C3H8/c1-12-4-3-5-13(2)15(12)19-11-14(17)10-16-6-8-18-9-7-16;2*1-3-2/h3-5,14,17H,6-11H2,1-2H3;2*3H2,1-2H3. The van der Waals surface area contributed by atoms with Gasteiger partial charge in [0, 0.05) is 19.6 Å². The molecule has 25 heavy (non-hydrogen) atoms. The van der Waals surface area contributed by atoms with Crippen LogP contribution in [0.3, 0.4) is 0 Å². The second-order valence-corrected chi connectivity index (χ2v) is 6.51. The smallest absolute Gasteiger partial charge is 0.125 e. The summed E-state index contributed by atoms with van der Waals surface area (Å²) in [7, 11) is 0. The van der Waals surface area contributed by atoms with E-state index in [1.807, 2.05) is 32.0 Å². The molecule has 146 valence electrons. The van der Waals surface area contributed by atoms with Crippen molar-refractivity contribution >= 4 is 0 Å². The molecule has 0 bridgehead atoms. The fourth-order valence-electron chi connectivity index (χ4n) is 2.34. The Labute approximate surface area is 155 Å². The topological polar surface area (TPSA) is 41.9 Å². The molecule has 1 fully saturated rings. The van der Waals surface area contributed by atoms with Crippen LogP contribution >= 0.6 is 0 Å². The fourth-order valence-corrected chi connectivity index (χ4v) is 2.34. The van der Waals surface area contributed by atoms with E-state index >= 15 is 0 Å². The van der Waals surface area contributed by atoms with Gasteiger partial charge in [0.1, 0.15) is 18.5 Å². The SMILES string of the molecule is CCC.CCC.Cc1cccc(C)c1OCC(O)CN1CCOCC1. The van der Waals surface area contributed by atoms with Crippen LogP contribution in [0, 0.1) is 13.8 Å². The molecule has 1 aromatic rings. The zero-order valence-electron chi connectivity index (χ0n) is 17.2. The summed E-state index contributed by atoms with van der Waals surface area (Å²) in [4.78, 5) is 2.21. The highest BCUT2D eigenvalue weighted by Crippen LogP contribution is 2.22. The molecule has 0 saturated carbocycles. The molecule has 4 nitrogen and oxygen atoms in total. The van der Waals surface area contributed by atoms with Gasteiger partial charge in [0.15, 0.2) is 0 Å². The van der Waals surface area contributed by atoms with Gasteiger partial charge in [0.2, 0.25) is 0 Å². The molecule has 1 unspecified atom stereocenters. The highest BCUT2D eigenvalue weighted by molar-refractivity contribution is 5.39. The lowest BCUT2D eigenvalue weighted by Gasteiger charge is -2.28. The highest BCUT2D eigenvalue weighted by Gasteiger charge is 2.15. The Balaban J connectivity index is 0.000000844. The second kappa shape index (κ2) is 15.2. The third-order valence-corrected chi connectivity index (χ3v) is 3.40. The van der Waals surface area contributed by atoms with E-state index in [0.29, 0.717) is 13.2 Å². The maximum atomic E-state index is 10.0. The van der Waals surface area contributed by atoms with Crippen molar-refractivity contribution < 1.29 is 14.6 Å². The lowest BCUT2D eigenvalue weighted by molar-refractivity contribution is 0.00454. The first-order chi connectivity index (χ1) is 12.0. The molecular weight excluding hydrogens is 314 g/mol. The normalized spacial score (nSPS) is 15.3. The van der Waals surface area contributed by atoms with Crippen LogP contribution in [0.25, 0.3) is 0 Å². The summed E-state index contributed by atoms with van der Waals surface area (Å²) in [5.74, 6) is 0.892. The van der Waals surface area contributed by atoms with Crippen molar-refractivity contribution in [2.45, 2.75) is 60.5 Å². The van der Waals surface area contributed by atoms with Gasteiger partial charge in [-0.25, -0.2) is 0 Å². The van der Waals surface area contributed by atoms with Gasteiger partial charge in [-0.05, 0) is 25.0 Å². The highest BCUT2D eigenvalue weighted by atomic mass is 16.5. The van der Waals surface area contributed by atoms with Crippen molar-refractivity contribution in [2.24, 2.45) is 0 Å². The number of hydrogen-bond acceptors (Lipinski definition) is 4. The fraction of sp³-hybridized carbons (Fsp3) is 0.714. The Bertz CT molecular complexity index is 409. The van der Waals surface area contributed by atoms with E-state index < -0.39 is 6.10 Å². The number of ether oxygens (including phenoxy) is 2. The predicted octanol–water partition coefficient (Wildman–Crippen LogP) is 4.21. The Morgan fingerprint density at radius 3 is 2.00 bits per heavy atom. The molecule has 0 radical (unpaired) electrons. The largest absolute Gasteiger partial charge is 0.490 e. The van der Waals surface area contributed by atoms with Gasteiger partial charge in [0.25, 0.3) is 0 Å². The van der Waals surface area contributed by atoms with E-state index in [1.165, 1.54) is 12.8 Å². The van der Waals surface area contributed by atoms with Crippen molar-refractivity contribution in [1.82, 2.24) is 4.90 Å². The number of aryl methyl sites for hydroxylation is 2. The molecule has 1 N–H and O–H groups in total. The van der Waals surface area contributed by atoms with Crippen LogP contribution in [0.15, 0.2) is 18.2 Å². The number of β-amino-alcohol motifs (C(OH)–C–C–N with tert-alkyl or cyclic N) is 1. The summed E-state index contributed by atoms with van der Waals surface area (Å²) in [5, 5.41) is 10.0. The molecule has 0 aromatic heterocycles. The van der Waals surface area contributed by atoms with E-state index in [4.69, 9.17) is 9.47 Å². The molecule has 1 saturated heterocycles. The molecule has 1 atom stereocenters. The van der Waals surface area contributed by atoms with Gasteiger partial charge >= 0.3 is 0 Å². The molecule has 0 amide bonds. The van der Waals surface area contributed by atoms with Crippen molar-refractivity contribution in [3.05, 3.63) is 29.3 Å². The Hall–Kier alpha value is -1.10. The molecule has 2 rings (SSSR count). The number of aliphatic hydroxyl groups excluding tert-OH is 1. The minimum atomic E-state index is -0.461. The number of nitrogens with zero attached hydrogens (tertiary/aromatic N) is 1. The van der Waals surface area contributed by atoms with E-state index in [0.717, 1.165) is 43.2 Å². The Morgan fingerprint density at radius 1 is 1.04 bits per heavy atom. The number of benzene rings is 1. The molecule has 0 aliphatic carbocycles. The molecule has 1 heterocycles. The average Bonchev–Trinajstić information content (AvgIpc) is 2.57. The van der Waals surface area contributed by atoms with Gasteiger partial charge in [-0.2, -0.15) is 0 Å². The Morgan fingerprint density at radius 2 is 1.52 bits per heavy atom. The molecule has 4 heteroatoms. The van der Waals surface area contributed by atoms with Crippen molar-refractivity contribution in [3.63, 3.8) is 0 Å². The summed E-state index contributed by atoms with van der Waals surface area (Å²) in [6.07, 6.45) is 2.04. The summed E-state index contributed by atoms with van der Waals surface area (Å²) >= 11 is 0. The molecular formula is C21H39NO3. The van der Waals surface area contributed by atoms with E-state index in [2.05, 4.69) is 32.6 Å².